The third-order valence-electron chi connectivity index (χ3n) is 2.97. The molecule has 0 radical (unpaired) electrons. The van der Waals surface area contributed by atoms with Gasteiger partial charge in [-0.25, -0.2) is 13.1 Å². The predicted molar refractivity (Wildman–Crippen MR) is 73.8 cm³/mol. The van der Waals surface area contributed by atoms with Gasteiger partial charge in [-0.1, -0.05) is 12.1 Å². The van der Waals surface area contributed by atoms with Crippen molar-refractivity contribution in [2.75, 3.05) is 0 Å². The van der Waals surface area contributed by atoms with Gasteiger partial charge in [0.15, 0.2) is 5.78 Å². The largest absolute Gasteiger partial charge is 0.294 e. The van der Waals surface area contributed by atoms with E-state index >= 15 is 0 Å². The minimum Gasteiger partial charge on any atom is -0.294 e. The van der Waals surface area contributed by atoms with Crippen LogP contribution in [-0.2, 0) is 16.4 Å². The number of ketones is 1. The molecule has 0 atom stereocenters. The first kappa shape index (κ1) is 14.2. The molecule has 0 saturated heterocycles. The summed E-state index contributed by atoms with van der Waals surface area (Å²) in [7, 11) is -3.66. The highest BCUT2D eigenvalue weighted by atomic mass is 32.2. The van der Waals surface area contributed by atoms with Gasteiger partial charge in [-0.2, -0.15) is 0 Å². The Morgan fingerprint density at radius 1 is 1.16 bits per heavy atom. The van der Waals surface area contributed by atoms with E-state index < -0.39 is 15.6 Å². The van der Waals surface area contributed by atoms with Crippen LogP contribution in [0, 0.1) is 0 Å². The van der Waals surface area contributed by atoms with Crippen LogP contribution in [0.4, 0.5) is 0 Å². The quantitative estimate of drug-likeness (QED) is 0.904. The van der Waals surface area contributed by atoms with Crippen molar-refractivity contribution in [3.63, 3.8) is 0 Å². The zero-order valence-electron chi connectivity index (χ0n) is 11.5. The maximum Gasteiger partial charge on any atom is 0.241 e. The standard InChI is InChI=1S/C14H19NO3S/c1-14(2,3)15-19(17,18)12-9-5-7-10-6-4-8-11(16)13(10)12/h5,7,9,15H,4,6,8H2,1-3H3. The monoisotopic (exact) mass is 281 g/mol. The highest BCUT2D eigenvalue weighted by Crippen LogP contribution is 2.28. The fraction of sp³-hybridized carbons (Fsp3) is 0.500. The first-order valence-electron chi connectivity index (χ1n) is 6.40. The summed E-state index contributed by atoms with van der Waals surface area (Å²) in [6.07, 6.45) is 1.98. The van der Waals surface area contributed by atoms with E-state index in [2.05, 4.69) is 4.72 Å². The van der Waals surface area contributed by atoms with Gasteiger partial charge in [0.25, 0.3) is 0 Å². The van der Waals surface area contributed by atoms with Gasteiger partial charge in [-0.3, -0.25) is 4.79 Å². The van der Waals surface area contributed by atoms with Crippen molar-refractivity contribution < 1.29 is 13.2 Å². The summed E-state index contributed by atoms with van der Waals surface area (Å²) in [5.74, 6) is -0.0730. The summed E-state index contributed by atoms with van der Waals surface area (Å²) in [5.41, 5.74) is 0.651. The zero-order chi connectivity index (χ0) is 14.3. The lowest BCUT2D eigenvalue weighted by Crippen LogP contribution is -2.41. The molecule has 19 heavy (non-hydrogen) atoms. The van der Waals surface area contributed by atoms with Crippen molar-refractivity contribution in [2.24, 2.45) is 0 Å². The van der Waals surface area contributed by atoms with Crippen LogP contribution in [0.2, 0.25) is 0 Å². The second kappa shape index (κ2) is 4.72. The van der Waals surface area contributed by atoms with Gasteiger partial charge in [-0.05, 0) is 45.2 Å². The van der Waals surface area contributed by atoms with E-state index in [-0.39, 0.29) is 10.7 Å². The van der Waals surface area contributed by atoms with Gasteiger partial charge >= 0.3 is 0 Å². The number of benzene rings is 1. The normalized spacial score (nSPS) is 16.3. The molecule has 0 heterocycles. The SMILES string of the molecule is CC(C)(C)NS(=O)(=O)c1cccc2c1C(=O)CCC2. The molecule has 0 unspecified atom stereocenters. The maximum absolute atomic E-state index is 12.4. The molecule has 2 rings (SSSR count). The number of nitrogens with one attached hydrogen (secondary N) is 1. The molecular weight excluding hydrogens is 262 g/mol. The molecule has 1 aliphatic carbocycles. The van der Waals surface area contributed by atoms with Gasteiger partial charge in [0, 0.05) is 17.5 Å². The summed E-state index contributed by atoms with van der Waals surface area (Å²) >= 11 is 0. The lowest BCUT2D eigenvalue weighted by Gasteiger charge is -2.23. The van der Waals surface area contributed by atoms with Crippen LogP contribution < -0.4 is 4.72 Å². The summed E-state index contributed by atoms with van der Waals surface area (Å²) < 4.78 is 27.4. The molecule has 0 aliphatic heterocycles. The predicted octanol–water partition coefficient (Wildman–Crippen LogP) is 2.28. The zero-order valence-corrected chi connectivity index (χ0v) is 12.3. The number of carbonyl (C=O) groups excluding carboxylic acids is 1. The number of hydrogen-bond donors (Lipinski definition) is 1. The Labute approximate surface area is 114 Å². The van der Waals surface area contributed by atoms with Crippen molar-refractivity contribution in [3.05, 3.63) is 29.3 Å². The summed E-state index contributed by atoms with van der Waals surface area (Å²) in [5, 5.41) is 0. The Balaban J connectivity index is 2.55. The van der Waals surface area contributed by atoms with Crippen molar-refractivity contribution in [1.29, 1.82) is 0 Å². The highest BCUT2D eigenvalue weighted by molar-refractivity contribution is 7.89. The van der Waals surface area contributed by atoms with E-state index in [1.54, 1.807) is 26.8 Å². The fourth-order valence-corrected chi connectivity index (χ4v) is 4.04. The van der Waals surface area contributed by atoms with Gasteiger partial charge in [0.05, 0.1) is 4.90 Å². The molecular formula is C14H19NO3S. The molecule has 0 spiro atoms. The second-order valence-corrected chi connectivity index (χ2v) is 7.57. The summed E-state index contributed by atoms with van der Waals surface area (Å²) in [4.78, 5) is 12.1. The van der Waals surface area contributed by atoms with Gasteiger partial charge in [-0.15, -0.1) is 0 Å². The number of sulfonamides is 1. The topological polar surface area (TPSA) is 63.2 Å². The van der Waals surface area contributed by atoms with Crippen molar-refractivity contribution in [2.45, 2.75) is 50.5 Å². The first-order chi connectivity index (χ1) is 8.71. The summed E-state index contributed by atoms with van der Waals surface area (Å²) in [6.45, 7) is 5.34. The number of Topliss-reactive ketones (excluding diaryl/α,β-unsaturated/α-hetero) is 1. The Morgan fingerprint density at radius 3 is 2.47 bits per heavy atom. The number of carbonyl (C=O) groups is 1. The smallest absolute Gasteiger partial charge is 0.241 e. The number of rotatable bonds is 2. The van der Waals surface area contributed by atoms with Crippen molar-refractivity contribution in [1.82, 2.24) is 4.72 Å². The molecule has 104 valence electrons. The third kappa shape index (κ3) is 3.04. The molecule has 0 saturated carbocycles. The van der Waals surface area contributed by atoms with Crippen LogP contribution in [-0.4, -0.2) is 19.7 Å². The average molecular weight is 281 g/mol. The fourth-order valence-electron chi connectivity index (χ4n) is 2.35. The molecule has 0 aromatic heterocycles. The van der Waals surface area contributed by atoms with Crippen molar-refractivity contribution in [3.8, 4) is 0 Å². The third-order valence-corrected chi connectivity index (χ3v) is 4.77. The van der Waals surface area contributed by atoms with Crippen LogP contribution in [0.1, 0.15) is 49.5 Å². The Kier molecular flexibility index (Phi) is 3.53. The molecule has 1 aliphatic rings. The van der Waals surface area contributed by atoms with Crippen molar-refractivity contribution >= 4 is 15.8 Å². The van der Waals surface area contributed by atoms with E-state index in [0.29, 0.717) is 12.0 Å². The maximum atomic E-state index is 12.4. The molecule has 1 aromatic carbocycles. The Morgan fingerprint density at radius 2 is 1.84 bits per heavy atom. The van der Waals surface area contributed by atoms with E-state index in [1.807, 2.05) is 6.07 Å². The lowest BCUT2D eigenvalue weighted by atomic mass is 9.91. The van der Waals surface area contributed by atoms with E-state index in [9.17, 15) is 13.2 Å². The van der Waals surface area contributed by atoms with Crippen LogP contribution in [0.25, 0.3) is 0 Å². The van der Waals surface area contributed by atoms with Crippen LogP contribution in [0.3, 0.4) is 0 Å². The van der Waals surface area contributed by atoms with Gasteiger partial charge in [0.2, 0.25) is 10.0 Å². The molecule has 5 heteroatoms. The van der Waals surface area contributed by atoms with E-state index in [0.717, 1.165) is 18.4 Å². The number of hydrogen-bond acceptors (Lipinski definition) is 3. The van der Waals surface area contributed by atoms with Crippen LogP contribution in [0.15, 0.2) is 23.1 Å². The lowest BCUT2D eigenvalue weighted by molar-refractivity contribution is 0.0969. The van der Waals surface area contributed by atoms with Crippen LogP contribution >= 0.6 is 0 Å². The minimum absolute atomic E-state index is 0.0730. The number of aryl methyl sites for hydroxylation is 1. The molecule has 0 amide bonds. The second-order valence-electron chi connectivity index (χ2n) is 5.92. The number of fused-ring (bicyclic) bond motifs is 1. The molecule has 1 N–H and O–H groups in total. The molecule has 4 nitrogen and oxygen atoms in total. The van der Waals surface area contributed by atoms with Crippen LogP contribution in [0.5, 0.6) is 0 Å². The molecule has 0 fully saturated rings. The first-order valence-corrected chi connectivity index (χ1v) is 7.88. The molecule has 1 aromatic rings. The highest BCUT2D eigenvalue weighted by Gasteiger charge is 2.29. The van der Waals surface area contributed by atoms with E-state index in [1.165, 1.54) is 6.07 Å². The minimum atomic E-state index is -3.66. The average Bonchev–Trinajstić information content (AvgIpc) is 2.25. The van der Waals surface area contributed by atoms with Gasteiger partial charge < -0.3 is 0 Å². The Bertz CT molecular complexity index is 612. The Hall–Kier alpha value is -1.20. The van der Waals surface area contributed by atoms with Gasteiger partial charge in [0.1, 0.15) is 0 Å². The summed E-state index contributed by atoms with van der Waals surface area (Å²) in [6, 6.07) is 5.05. The molecule has 0 bridgehead atoms. The van der Waals surface area contributed by atoms with E-state index in [4.69, 9.17) is 0 Å².